The third-order valence-electron chi connectivity index (χ3n) is 2.97. The summed E-state index contributed by atoms with van der Waals surface area (Å²) in [7, 11) is 0. The van der Waals surface area contributed by atoms with Gasteiger partial charge in [0, 0.05) is 17.5 Å². The molecule has 1 aromatic heterocycles. The highest BCUT2D eigenvalue weighted by molar-refractivity contribution is 6.34. The second kappa shape index (κ2) is 4.79. The molecule has 18 heavy (non-hydrogen) atoms. The molecule has 0 fully saturated rings. The second-order valence-corrected chi connectivity index (χ2v) is 4.65. The van der Waals surface area contributed by atoms with Crippen molar-refractivity contribution in [3.8, 4) is 0 Å². The van der Waals surface area contributed by atoms with Crippen LogP contribution in [0.4, 0.5) is 0 Å². The Labute approximate surface area is 111 Å². The smallest absolute Gasteiger partial charge is 0.137 e. The molecule has 0 saturated carbocycles. The van der Waals surface area contributed by atoms with Gasteiger partial charge in [-0.3, -0.25) is 0 Å². The lowest BCUT2D eigenvalue weighted by atomic mass is 10.1. The van der Waals surface area contributed by atoms with Gasteiger partial charge in [-0.15, -0.1) is 0 Å². The van der Waals surface area contributed by atoms with Crippen molar-refractivity contribution in [2.75, 3.05) is 0 Å². The SMILES string of the molecule is Clc1nc(Cc2ccccc2)cc2ccccc12. The molecule has 0 aliphatic heterocycles. The summed E-state index contributed by atoms with van der Waals surface area (Å²) in [6.07, 6.45) is 0.811. The topological polar surface area (TPSA) is 12.9 Å². The Balaban J connectivity index is 2.03. The first-order chi connectivity index (χ1) is 8.83. The van der Waals surface area contributed by atoms with Crippen LogP contribution in [0, 0.1) is 0 Å². The maximum absolute atomic E-state index is 6.22. The van der Waals surface area contributed by atoms with Crippen molar-refractivity contribution in [2.24, 2.45) is 0 Å². The van der Waals surface area contributed by atoms with Crippen LogP contribution in [0.1, 0.15) is 11.3 Å². The van der Waals surface area contributed by atoms with E-state index in [1.165, 1.54) is 5.56 Å². The Morgan fingerprint density at radius 2 is 1.61 bits per heavy atom. The standard InChI is InChI=1S/C16H12ClN/c17-16-15-9-5-4-8-13(15)11-14(18-16)10-12-6-2-1-3-7-12/h1-9,11H,10H2. The van der Waals surface area contributed by atoms with Crippen LogP contribution in [-0.4, -0.2) is 4.98 Å². The van der Waals surface area contributed by atoms with Crippen LogP contribution in [-0.2, 0) is 6.42 Å². The lowest BCUT2D eigenvalue weighted by Crippen LogP contribution is -1.93. The number of aromatic nitrogens is 1. The summed E-state index contributed by atoms with van der Waals surface area (Å²) in [5, 5.41) is 2.73. The molecule has 0 bridgehead atoms. The molecule has 2 heteroatoms. The Morgan fingerprint density at radius 3 is 2.44 bits per heavy atom. The van der Waals surface area contributed by atoms with Gasteiger partial charge in [-0.2, -0.15) is 0 Å². The van der Waals surface area contributed by atoms with Gasteiger partial charge >= 0.3 is 0 Å². The normalized spacial score (nSPS) is 10.7. The van der Waals surface area contributed by atoms with Crippen LogP contribution in [0.25, 0.3) is 10.8 Å². The molecule has 0 aliphatic rings. The fraction of sp³-hybridized carbons (Fsp3) is 0.0625. The average Bonchev–Trinajstić information content (AvgIpc) is 2.40. The maximum atomic E-state index is 6.22. The number of benzene rings is 2. The molecule has 3 rings (SSSR count). The Bertz CT molecular complexity index is 677. The van der Waals surface area contributed by atoms with Gasteiger partial charge in [0.15, 0.2) is 0 Å². The monoisotopic (exact) mass is 253 g/mol. The van der Waals surface area contributed by atoms with E-state index in [-0.39, 0.29) is 0 Å². The molecule has 88 valence electrons. The third kappa shape index (κ3) is 2.22. The van der Waals surface area contributed by atoms with Crippen molar-refractivity contribution < 1.29 is 0 Å². The van der Waals surface area contributed by atoms with Crippen LogP contribution in [0.5, 0.6) is 0 Å². The summed E-state index contributed by atoms with van der Waals surface area (Å²) >= 11 is 6.22. The molecular weight excluding hydrogens is 242 g/mol. The number of halogens is 1. The molecule has 0 atom stereocenters. The van der Waals surface area contributed by atoms with Gasteiger partial charge in [-0.1, -0.05) is 66.2 Å². The Kier molecular flexibility index (Phi) is 2.99. The Hall–Kier alpha value is -1.86. The number of nitrogens with zero attached hydrogens (tertiary/aromatic N) is 1. The zero-order chi connectivity index (χ0) is 12.4. The molecule has 3 aromatic rings. The molecule has 0 unspecified atom stereocenters. The fourth-order valence-corrected chi connectivity index (χ4v) is 2.39. The van der Waals surface area contributed by atoms with E-state index in [2.05, 4.69) is 29.2 Å². The first-order valence-corrected chi connectivity index (χ1v) is 6.29. The highest BCUT2D eigenvalue weighted by atomic mass is 35.5. The quantitative estimate of drug-likeness (QED) is 0.614. The zero-order valence-electron chi connectivity index (χ0n) is 9.81. The molecule has 0 spiro atoms. The van der Waals surface area contributed by atoms with Crippen molar-refractivity contribution in [1.29, 1.82) is 0 Å². The first-order valence-electron chi connectivity index (χ1n) is 5.91. The minimum Gasteiger partial charge on any atom is -0.240 e. The number of fused-ring (bicyclic) bond motifs is 1. The fourth-order valence-electron chi connectivity index (χ4n) is 2.10. The summed E-state index contributed by atoms with van der Waals surface area (Å²) < 4.78 is 0. The van der Waals surface area contributed by atoms with Gasteiger partial charge in [-0.25, -0.2) is 4.98 Å². The first kappa shape index (κ1) is 11.2. The summed E-state index contributed by atoms with van der Waals surface area (Å²) in [4.78, 5) is 4.46. The summed E-state index contributed by atoms with van der Waals surface area (Å²) in [5.74, 6) is 0. The van der Waals surface area contributed by atoms with E-state index in [1.807, 2.05) is 36.4 Å². The largest absolute Gasteiger partial charge is 0.240 e. The summed E-state index contributed by atoms with van der Waals surface area (Å²) in [6.45, 7) is 0. The highest BCUT2D eigenvalue weighted by Gasteiger charge is 2.04. The van der Waals surface area contributed by atoms with Gasteiger partial charge < -0.3 is 0 Å². The van der Waals surface area contributed by atoms with Gasteiger partial charge in [-0.05, 0) is 17.0 Å². The van der Waals surface area contributed by atoms with Gasteiger partial charge in [0.1, 0.15) is 5.15 Å². The maximum Gasteiger partial charge on any atom is 0.137 e. The molecule has 0 amide bonds. The van der Waals surface area contributed by atoms with Crippen molar-refractivity contribution in [3.63, 3.8) is 0 Å². The zero-order valence-corrected chi connectivity index (χ0v) is 10.6. The lowest BCUT2D eigenvalue weighted by Gasteiger charge is -2.05. The van der Waals surface area contributed by atoms with Gasteiger partial charge in [0.2, 0.25) is 0 Å². The molecule has 0 saturated heterocycles. The van der Waals surface area contributed by atoms with E-state index in [0.29, 0.717) is 5.15 Å². The Morgan fingerprint density at radius 1 is 0.889 bits per heavy atom. The highest BCUT2D eigenvalue weighted by Crippen LogP contribution is 2.23. The number of rotatable bonds is 2. The van der Waals surface area contributed by atoms with Crippen molar-refractivity contribution >= 4 is 22.4 Å². The molecule has 1 nitrogen and oxygen atoms in total. The molecule has 0 aliphatic carbocycles. The molecule has 0 radical (unpaired) electrons. The van der Waals surface area contributed by atoms with Crippen LogP contribution < -0.4 is 0 Å². The van der Waals surface area contributed by atoms with Gasteiger partial charge in [0.25, 0.3) is 0 Å². The average molecular weight is 254 g/mol. The van der Waals surface area contributed by atoms with E-state index in [9.17, 15) is 0 Å². The van der Waals surface area contributed by atoms with Crippen molar-refractivity contribution in [2.45, 2.75) is 6.42 Å². The van der Waals surface area contributed by atoms with Crippen LogP contribution >= 0.6 is 11.6 Å². The summed E-state index contributed by atoms with van der Waals surface area (Å²) in [6, 6.07) is 20.5. The van der Waals surface area contributed by atoms with Crippen molar-refractivity contribution in [1.82, 2.24) is 4.98 Å². The van der Waals surface area contributed by atoms with Crippen LogP contribution in [0.2, 0.25) is 5.15 Å². The predicted molar refractivity (Wildman–Crippen MR) is 76.0 cm³/mol. The van der Waals surface area contributed by atoms with Crippen LogP contribution in [0.3, 0.4) is 0 Å². The second-order valence-electron chi connectivity index (χ2n) is 4.29. The minimum absolute atomic E-state index is 0.582. The number of pyridine rings is 1. The molecule has 0 N–H and O–H groups in total. The molecule has 1 heterocycles. The number of hydrogen-bond acceptors (Lipinski definition) is 1. The van der Waals surface area contributed by atoms with E-state index in [0.717, 1.165) is 22.9 Å². The van der Waals surface area contributed by atoms with E-state index in [4.69, 9.17) is 11.6 Å². The van der Waals surface area contributed by atoms with E-state index in [1.54, 1.807) is 0 Å². The summed E-state index contributed by atoms with van der Waals surface area (Å²) in [5.41, 5.74) is 2.25. The molecule has 2 aromatic carbocycles. The lowest BCUT2D eigenvalue weighted by molar-refractivity contribution is 1.09. The molecular formula is C16H12ClN. The minimum atomic E-state index is 0.582. The van der Waals surface area contributed by atoms with Gasteiger partial charge in [0.05, 0.1) is 0 Å². The van der Waals surface area contributed by atoms with Crippen LogP contribution in [0.15, 0.2) is 60.7 Å². The third-order valence-corrected chi connectivity index (χ3v) is 3.26. The predicted octanol–water partition coefficient (Wildman–Crippen LogP) is 4.48. The van der Waals surface area contributed by atoms with Crippen molar-refractivity contribution in [3.05, 3.63) is 77.1 Å². The van der Waals surface area contributed by atoms with E-state index < -0.39 is 0 Å². The number of hydrogen-bond donors (Lipinski definition) is 0. The van der Waals surface area contributed by atoms with E-state index >= 15 is 0 Å².